The summed E-state index contributed by atoms with van der Waals surface area (Å²) in [5.74, 6) is -1.50. The van der Waals surface area contributed by atoms with Crippen LogP contribution in [0.1, 0.15) is 29.2 Å². The Bertz CT molecular complexity index is 742. The molecule has 0 bridgehead atoms. The average Bonchev–Trinajstić information content (AvgIpc) is 2.91. The Hall–Kier alpha value is -2.23. The van der Waals surface area contributed by atoms with E-state index in [2.05, 4.69) is 20.4 Å². The summed E-state index contributed by atoms with van der Waals surface area (Å²) >= 11 is 0. The number of hydrogen-bond donors (Lipinski definition) is 1. The number of carbonyl (C=O) groups excluding carboxylic acids is 1. The van der Waals surface area contributed by atoms with Crippen LogP contribution in [0.15, 0.2) is 0 Å². The molecule has 1 N–H and O–H groups in total. The van der Waals surface area contributed by atoms with E-state index in [4.69, 9.17) is 4.74 Å². The van der Waals surface area contributed by atoms with Crippen molar-refractivity contribution in [3.63, 3.8) is 0 Å². The number of ether oxygens (including phenoxy) is 1. The van der Waals surface area contributed by atoms with Crippen molar-refractivity contribution < 1.29 is 22.7 Å². The second kappa shape index (κ2) is 7.12. The Morgan fingerprint density at radius 2 is 2.00 bits per heavy atom. The van der Waals surface area contributed by atoms with Crippen molar-refractivity contribution in [2.45, 2.75) is 32.9 Å². The van der Waals surface area contributed by atoms with Crippen LogP contribution in [-0.4, -0.2) is 45.8 Å². The average molecular weight is 345 g/mol. The van der Waals surface area contributed by atoms with Crippen molar-refractivity contribution in [3.8, 4) is 0 Å². The van der Waals surface area contributed by atoms with Gasteiger partial charge in [-0.15, -0.1) is 5.10 Å². The van der Waals surface area contributed by atoms with Crippen LogP contribution in [0.2, 0.25) is 0 Å². The summed E-state index contributed by atoms with van der Waals surface area (Å²) in [6.07, 6.45) is -4.09. The third kappa shape index (κ3) is 3.99. The number of aromatic nitrogens is 4. The van der Waals surface area contributed by atoms with Gasteiger partial charge >= 0.3 is 6.18 Å². The van der Waals surface area contributed by atoms with E-state index >= 15 is 0 Å². The standard InChI is InChI=1S/C14H18F3N5O2/c1-8-10(4-5-11(23)18-6-7-24-3)9(2)22-13(19-8)20-12(21-22)14(15,16)17/h4-7H2,1-3H3,(H,18,23). The molecule has 2 rings (SSSR count). The minimum absolute atomic E-state index is 0.106. The topological polar surface area (TPSA) is 81.4 Å². The Morgan fingerprint density at radius 1 is 1.29 bits per heavy atom. The molecular formula is C14H18F3N5O2. The Labute approximate surface area is 136 Å². The first kappa shape index (κ1) is 18.1. The number of fused-ring (bicyclic) bond motifs is 1. The summed E-state index contributed by atoms with van der Waals surface area (Å²) in [6, 6.07) is 0. The molecule has 0 aliphatic carbocycles. The van der Waals surface area contributed by atoms with E-state index in [1.807, 2.05) is 0 Å². The van der Waals surface area contributed by atoms with Gasteiger partial charge in [-0.2, -0.15) is 18.2 Å². The van der Waals surface area contributed by atoms with Crippen LogP contribution in [0.4, 0.5) is 13.2 Å². The maximum Gasteiger partial charge on any atom is 0.453 e. The van der Waals surface area contributed by atoms with Crippen LogP contribution < -0.4 is 5.32 Å². The lowest BCUT2D eigenvalue weighted by molar-refractivity contribution is -0.144. The molecule has 0 atom stereocenters. The van der Waals surface area contributed by atoms with E-state index in [0.29, 0.717) is 36.5 Å². The molecule has 2 aromatic rings. The van der Waals surface area contributed by atoms with Crippen molar-refractivity contribution in [3.05, 3.63) is 22.8 Å². The Kier molecular flexibility index (Phi) is 5.37. The molecular weight excluding hydrogens is 327 g/mol. The number of alkyl halides is 3. The number of halogens is 3. The molecule has 2 aromatic heterocycles. The molecule has 0 saturated heterocycles. The van der Waals surface area contributed by atoms with E-state index in [1.54, 1.807) is 13.8 Å². The number of methoxy groups -OCH3 is 1. The third-order valence-electron chi connectivity index (χ3n) is 3.53. The van der Waals surface area contributed by atoms with E-state index in [9.17, 15) is 18.0 Å². The van der Waals surface area contributed by atoms with Gasteiger partial charge in [-0.3, -0.25) is 4.79 Å². The SMILES string of the molecule is COCCNC(=O)CCc1c(C)nc2nc(C(F)(F)F)nn2c1C. The first-order valence-electron chi connectivity index (χ1n) is 7.29. The van der Waals surface area contributed by atoms with Gasteiger partial charge in [0.2, 0.25) is 5.91 Å². The molecule has 0 spiro atoms. The predicted octanol–water partition coefficient (Wildman–Crippen LogP) is 1.46. The minimum Gasteiger partial charge on any atom is -0.383 e. The molecule has 1 amide bonds. The second-order valence-corrected chi connectivity index (χ2v) is 5.25. The molecule has 0 unspecified atom stereocenters. The highest BCUT2D eigenvalue weighted by atomic mass is 19.4. The largest absolute Gasteiger partial charge is 0.453 e. The predicted molar refractivity (Wildman–Crippen MR) is 78.5 cm³/mol. The second-order valence-electron chi connectivity index (χ2n) is 5.25. The third-order valence-corrected chi connectivity index (χ3v) is 3.53. The number of carbonyl (C=O) groups is 1. The molecule has 132 valence electrons. The first-order chi connectivity index (χ1) is 11.2. The first-order valence-corrected chi connectivity index (χ1v) is 7.29. The highest BCUT2D eigenvalue weighted by Crippen LogP contribution is 2.27. The quantitative estimate of drug-likeness (QED) is 0.802. The molecule has 10 heteroatoms. The fraction of sp³-hybridized carbons (Fsp3) is 0.571. The number of aryl methyl sites for hydroxylation is 2. The zero-order chi connectivity index (χ0) is 17.9. The van der Waals surface area contributed by atoms with Crippen molar-refractivity contribution in [2.24, 2.45) is 0 Å². The maximum absolute atomic E-state index is 12.7. The van der Waals surface area contributed by atoms with E-state index < -0.39 is 12.0 Å². The van der Waals surface area contributed by atoms with E-state index in [-0.39, 0.29) is 18.1 Å². The number of nitrogens with one attached hydrogen (secondary N) is 1. The van der Waals surface area contributed by atoms with Crippen molar-refractivity contribution in [1.82, 2.24) is 24.9 Å². The number of rotatable bonds is 6. The van der Waals surface area contributed by atoms with Crippen LogP contribution in [0.5, 0.6) is 0 Å². The van der Waals surface area contributed by atoms with Crippen LogP contribution in [0.3, 0.4) is 0 Å². The summed E-state index contributed by atoms with van der Waals surface area (Å²) in [6.45, 7) is 4.13. The molecule has 2 heterocycles. The lowest BCUT2D eigenvalue weighted by Gasteiger charge is -2.10. The molecule has 0 radical (unpaired) electrons. The molecule has 0 fully saturated rings. The number of hydrogen-bond acceptors (Lipinski definition) is 5. The highest BCUT2D eigenvalue weighted by molar-refractivity contribution is 5.76. The fourth-order valence-electron chi connectivity index (χ4n) is 2.31. The lowest BCUT2D eigenvalue weighted by atomic mass is 10.1. The van der Waals surface area contributed by atoms with Gasteiger partial charge < -0.3 is 10.1 Å². The minimum atomic E-state index is -4.63. The van der Waals surface area contributed by atoms with Gasteiger partial charge in [-0.05, 0) is 25.8 Å². The van der Waals surface area contributed by atoms with Crippen molar-refractivity contribution in [2.75, 3.05) is 20.3 Å². The zero-order valence-corrected chi connectivity index (χ0v) is 13.6. The van der Waals surface area contributed by atoms with Gasteiger partial charge in [0.1, 0.15) is 0 Å². The summed E-state index contributed by atoms with van der Waals surface area (Å²) in [7, 11) is 1.53. The molecule has 0 saturated carbocycles. The van der Waals surface area contributed by atoms with E-state index in [1.165, 1.54) is 7.11 Å². The van der Waals surface area contributed by atoms with Crippen LogP contribution in [-0.2, 0) is 22.1 Å². The van der Waals surface area contributed by atoms with Crippen LogP contribution in [0.25, 0.3) is 5.78 Å². The van der Waals surface area contributed by atoms with Gasteiger partial charge in [0.25, 0.3) is 11.6 Å². The fourth-order valence-corrected chi connectivity index (χ4v) is 2.31. The summed E-state index contributed by atoms with van der Waals surface area (Å²) in [5.41, 5.74) is 1.71. The molecule has 7 nitrogen and oxygen atoms in total. The van der Waals surface area contributed by atoms with Crippen molar-refractivity contribution >= 4 is 11.7 Å². The summed E-state index contributed by atoms with van der Waals surface area (Å²) in [4.78, 5) is 19.2. The Balaban J connectivity index is 2.20. The number of nitrogens with zero attached hydrogens (tertiary/aromatic N) is 4. The summed E-state index contributed by atoms with van der Waals surface area (Å²) in [5, 5.41) is 6.16. The molecule has 0 aliphatic heterocycles. The molecule has 24 heavy (non-hydrogen) atoms. The van der Waals surface area contributed by atoms with Crippen LogP contribution >= 0.6 is 0 Å². The Morgan fingerprint density at radius 3 is 2.62 bits per heavy atom. The highest BCUT2D eigenvalue weighted by Gasteiger charge is 2.36. The van der Waals surface area contributed by atoms with Gasteiger partial charge in [-0.25, -0.2) is 9.50 Å². The van der Waals surface area contributed by atoms with Crippen LogP contribution in [0, 0.1) is 13.8 Å². The molecule has 0 aromatic carbocycles. The van der Waals surface area contributed by atoms with Gasteiger partial charge in [0.05, 0.1) is 6.61 Å². The molecule has 0 aliphatic rings. The number of amides is 1. The van der Waals surface area contributed by atoms with Crippen molar-refractivity contribution in [1.29, 1.82) is 0 Å². The summed E-state index contributed by atoms with van der Waals surface area (Å²) < 4.78 is 44.1. The smallest absolute Gasteiger partial charge is 0.383 e. The monoisotopic (exact) mass is 345 g/mol. The zero-order valence-electron chi connectivity index (χ0n) is 13.6. The lowest BCUT2D eigenvalue weighted by Crippen LogP contribution is -2.27. The maximum atomic E-state index is 12.7. The van der Waals surface area contributed by atoms with Gasteiger partial charge in [0.15, 0.2) is 0 Å². The van der Waals surface area contributed by atoms with E-state index in [0.717, 1.165) is 4.52 Å². The van der Waals surface area contributed by atoms with Gasteiger partial charge in [0, 0.05) is 31.5 Å². The normalized spacial score (nSPS) is 11.9. The van der Waals surface area contributed by atoms with Gasteiger partial charge in [-0.1, -0.05) is 0 Å².